The monoisotopic (exact) mass is 456 g/mol. The van der Waals surface area contributed by atoms with Crippen molar-refractivity contribution >= 4 is 0 Å². The van der Waals surface area contributed by atoms with Crippen molar-refractivity contribution in [1.82, 2.24) is 0 Å². The fourth-order valence-electron chi connectivity index (χ4n) is 8.63. The van der Waals surface area contributed by atoms with Gasteiger partial charge in [-0.1, -0.05) is 32.4 Å². The van der Waals surface area contributed by atoms with Gasteiger partial charge in [0.25, 0.3) is 0 Å². The summed E-state index contributed by atoms with van der Waals surface area (Å²) in [5.41, 5.74) is -1.32. The van der Waals surface area contributed by atoms with Crippen LogP contribution in [0, 0.1) is 40.4 Å². The molecule has 9 atom stereocenters. The molecule has 0 spiro atoms. The van der Waals surface area contributed by atoms with Crippen molar-refractivity contribution < 1.29 is 23.4 Å². The summed E-state index contributed by atoms with van der Waals surface area (Å²) >= 11 is 0. The molecule has 0 amide bonds. The van der Waals surface area contributed by atoms with E-state index in [0.717, 1.165) is 45.4 Å². The van der Waals surface area contributed by atoms with Crippen LogP contribution in [0.15, 0.2) is 11.6 Å². The van der Waals surface area contributed by atoms with Crippen molar-refractivity contribution in [2.45, 2.75) is 116 Å². The van der Waals surface area contributed by atoms with E-state index in [1.165, 1.54) is 18.4 Å². The van der Waals surface area contributed by atoms with E-state index in [0.29, 0.717) is 30.1 Å². The Morgan fingerprint density at radius 3 is 2.41 bits per heavy atom. The molecule has 3 saturated carbocycles. The van der Waals surface area contributed by atoms with Crippen LogP contribution in [0.2, 0.25) is 0 Å². The van der Waals surface area contributed by atoms with Crippen LogP contribution in [0.3, 0.4) is 0 Å². The molecule has 0 aromatic rings. The highest BCUT2D eigenvalue weighted by Crippen LogP contribution is 2.67. The van der Waals surface area contributed by atoms with E-state index in [1.54, 1.807) is 0 Å². The van der Waals surface area contributed by atoms with Gasteiger partial charge in [0, 0.05) is 0 Å². The van der Waals surface area contributed by atoms with Gasteiger partial charge in [-0.2, -0.15) is 13.2 Å². The number of hydrogen-bond acceptors (Lipinski definition) is 2. The highest BCUT2D eigenvalue weighted by molar-refractivity contribution is 5.26. The second kappa shape index (κ2) is 7.73. The van der Waals surface area contributed by atoms with E-state index >= 15 is 0 Å². The fourth-order valence-corrected chi connectivity index (χ4v) is 8.63. The molecule has 184 valence electrons. The summed E-state index contributed by atoms with van der Waals surface area (Å²) in [5.74, 6) is 2.57. The molecule has 0 aromatic carbocycles. The average Bonchev–Trinajstić information content (AvgIpc) is 3.03. The summed E-state index contributed by atoms with van der Waals surface area (Å²) in [4.78, 5) is 0. The minimum absolute atomic E-state index is 0.186. The lowest BCUT2D eigenvalue weighted by atomic mass is 9.46. The van der Waals surface area contributed by atoms with Crippen LogP contribution in [-0.4, -0.2) is 27.6 Å². The van der Waals surface area contributed by atoms with Crippen LogP contribution in [0.1, 0.15) is 98.8 Å². The van der Waals surface area contributed by atoms with Gasteiger partial charge in [0.15, 0.2) is 5.60 Å². The Balaban J connectivity index is 1.49. The third-order valence-electron chi connectivity index (χ3n) is 10.8. The van der Waals surface area contributed by atoms with Crippen molar-refractivity contribution in [2.75, 3.05) is 0 Å². The van der Waals surface area contributed by atoms with Crippen molar-refractivity contribution in [3.63, 3.8) is 0 Å². The molecule has 2 nitrogen and oxygen atoms in total. The first-order valence-corrected chi connectivity index (χ1v) is 12.8. The number of hydrogen-bond donors (Lipinski definition) is 2. The van der Waals surface area contributed by atoms with Crippen LogP contribution in [-0.2, 0) is 0 Å². The first-order valence-electron chi connectivity index (χ1n) is 12.8. The Morgan fingerprint density at radius 2 is 1.75 bits per heavy atom. The standard InChI is InChI=1S/C27H43F3O2/c1-17(10-13-26(5,32)27(28,29)30)20-8-9-21-19-7-6-18-16-23(2,31)14-15-24(18,3)22(19)11-12-25(20,21)4/h6,17,19-22,31-32H,7-16H2,1-5H3. The molecule has 4 rings (SSSR count). The van der Waals surface area contributed by atoms with Gasteiger partial charge in [-0.3, -0.25) is 0 Å². The zero-order valence-electron chi connectivity index (χ0n) is 20.6. The van der Waals surface area contributed by atoms with Gasteiger partial charge >= 0.3 is 6.18 Å². The molecular weight excluding hydrogens is 413 g/mol. The van der Waals surface area contributed by atoms with Gasteiger partial charge < -0.3 is 10.2 Å². The smallest absolute Gasteiger partial charge is 0.390 e. The highest BCUT2D eigenvalue weighted by Gasteiger charge is 2.60. The lowest BCUT2D eigenvalue weighted by Gasteiger charge is -2.59. The third kappa shape index (κ3) is 3.87. The molecule has 0 bridgehead atoms. The largest absolute Gasteiger partial charge is 0.416 e. The van der Waals surface area contributed by atoms with Crippen molar-refractivity contribution in [3.05, 3.63) is 11.6 Å². The maximum absolute atomic E-state index is 13.1. The van der Waals surface area contributed by atoms with E-state index in [9.17, 15) is 23.4 Å². The first-order chi connectivity index (χ1) is 14.6. The van der Waals surface area contributed by atoms with Crippen molar-refractivity contribution in [1.29, 1.82) is 0 Å². The van der Waals surface area contributed by atoms with E-state index in [4.69, 9.17) is 0 Å². The predicted molar refractivity (Wildman–Crippen MR) is 121 cm³/mol. The van der Waals surface area contributed by atoms with Gasteiger partial charge in [-0.25, -0.2) is 0 Å². The molecule has 4 aliphatic rings. The minimum Gasteiger partial charge on any atom is -0.390 e. The van der Waals surface area contributed by atoms with Gasteiger partial charge in [-0.05, 0) is 118 Å². The Bertz CT molecular complexity index is 754. The first kappa shape index (κ1) is 24.6. The molecule has 0 saturated heterocycles. The van der Waals surface area contributed by atoms with Crippen LogP contribution >= 0.6 is 0 Å². The van der Waals surface area contributed by atoms with Crippen molar-refractivity contribution in [2.24, 2.45) is 40.4 Å². The number of aliphatic hydroxyl groups is 2. The zero-order valence-corrected chi connectivity index (χ0v) is 20.6. The lowest BCUT2D eigenvalue weighted by molar-refractivity contribution is -0.256. The lowest BCUT2D eigenvalue weighted by Crippen LogP contribution is -2.52. The van der Waals surface area contributed by atoms with Gasteiger partial charge in [0.05, 0.1) is 5.60 Å². The fraction of sp³-hybridized carbons (Fsp3) is 0.926. The molecule has 5 heteroatoms. The van der Waals surface area contributed by atoms with Gasteiger partial charge in [-0.15, -0.1) is 0 Å². The van der Waals surface area contributed by atoms with E-state index < -0.39 is 17.4 Å². The predicted octanol–water partition coefficient (Wildman–Crippen LogP) is 7.05. The molecular formula is C27H43F3O2. The summed E-state index contributed by atoms with van der Waals surface area (Å²) < 4.78 is 39.4. The average molecular weight is 457 g/mol. The van der Waals surface area contributed by atoms with Gasteiger partial charge in [0.2, 0.25) is 0 Å². The molecule has 32 heavy (non-hydrogen) atoms. The molecule has 9 unspecified atom stereocenters. The second-order valence-corrected chi connectivity index (χ2v) is 12.9. The van der Waals surface area contributed by atoms with Crippen LogP contribution in [0.4, 0.5) is 13.2 Å². The number of fused-ring (bicyclic) bond motifs is 5. The summed E-state index contributed by atoms with van der Waals surface area (Å²) in [6.07, 6.45) is 6.52. The summed E-state index contributed by atoms with van der Waals surface area (Å²) in [6.45, 7) is 9.84. The van der Waals surface area contributed by atoms with E-state index in [2.05, 4.69) is 26.8 Å². The Morgan fingerprint density at radius 1 is 1.06 bits per heavy atom. The molecule has 0 aliphatic heterocycles. The molecule has 3 fully saturated rings. The molecule has 0 radical (unpaired) electrons. The summed E-state index contributed by atoms with van der Waals surface area (Å²) in [5, 5.41) is 20.6. The molecule has 0 heterocycles. The summed E-state index contributed by atoms with van der Waals surface area (Å²) in [7, 11) is 0. The maximum atomic E-state index is 13.1. The minimum atomic E-state index is -4.57. The Labute approximate surface area is 192 Å². The topological polar surface area (TPSA) is 40.5 Å². The van der Waals surface area contributed by atoms with Crippen LogP contribution in [0.5, 0.6) is 0 Å². The Kier molecular flexibility index (Phi) is 5.94. The zero-order chi connectivity index (χ0) is 23.7. The van der Waals surface area contributed by atoms with Crippen molar-refractivity contribution in [3.8, 4) is 0 Å². The SMILES string of the molecule is CC(CCC(C)(O)C(F)(F)F)C1CCC2C3CC=C4CC(C)(O)CCC4(C)C3CCC12C. The second-order valence-electron chi connectivity index (χ2n) is 12.9. The van der Waals surface area contributed by atoms with E-state index in [-0.39, 0.29) is 23.2 Å². The number of rotatable bonds is 4. The Hall–Kier alpha value is -0.550. The normalized spacial score (nSPS) is 47.0. The van der Waals surface area contributed by atoms with Gasteiger partial charge in [0.1, 0.15) is 0 Å². The molecule has 4 aliphatic carbocycles. The number of halogens is 3. The molecule has 0 aromatic heterocycles. The van der Waals surface area contributed by atoms with Crippen LogP contribution < -0.4 is 0 Å². The number of alkyl halides is 3. The van der Waals surface area contributed by atoms with E-state index in [1.807, 2.05) is 6.92 Å². The molecule has 2 N–H and O–H groups in total. The van der Waals surface area contributed by atoms with Crippen LogP contribution in [0.25, 0.3) is 0 Å². The quantitative estimate of drug-likeness (QED) is 0.445. The summed E-state index contributed by atoms with van der Waals surface area (Å²) in [6, 6.07) is 0. The number of allylic oxidation sites excluding steroid dienone is 1. The third-order valence-corrected chi connectivity index (χ3v) is 10.8. The highest BCUT2D eigenvalue weighted by atomic mass is 19.4. The maximum Gasteiger partial charge on any atom is 0.416 e.